The molecule has 0 unspecified atom stereocenters. The van der Waals surface area contributed by atoms with E-state index in [4.69, 9.17) is 14.2 Å². The zero-order chi connectivity index (χ0) is 19.3. The number of ether oxygens (including phenoxy) is 3. The fourth-order valence-corrected chi connectivity index (χ4v) is 3.56. The lowest BCUT2D eigenvalue weighted by molar-refractivity contribution is 0.174. The first-order chi connectivity index (χ1) is 13.7. The molecule has 2 amide bonds. The van der Waals surface area contributed by atoms with Gasteiger partial charge in [-0.15, -0.1) is 0 Å². The third kappa shape index (κ3) is 4.16. The van der Waals surface area contributed by atoms with Gasteiger partial charge < -0.3 is 24.4 Å². The summed E-state index contributed by atoms with van der Waals surface area (Å²) in [5, 5.41) is 2.98. The fraction of sp³-hybridized carbons (Fsp3) is 0.409. The summed E-state index contributed by atoms with van der Waals surface area (Å²) >= 11 is 0. The Balaban J connectivity index is 1.31. The summed E-state index contributed by atoms with van der Waals surface area (Å²) in [7, 11) is 0. The van der Waals surface area contributed by atoms with Crippen molar-refractivity contribution in [3.8, 4) is 17.2 Å². The smallest absolute Gasteiger partial charge is 0.321 e. The molecule has 0 aliphatic carbocycles. The van der Waals surface area contributed by atoms with Crippen LogP contribution >= 0.6 is 0 Å². The van der Waals surface area contributed by atoms with Crippen LogP contribution in [0.1, 0.15) is 37.7 Å². The Morgan fingerprint density at radius 1 is 1.18 bits per heavy atom. The molecule has 0 radical (unpaired) electrons. The first kappa shape index (κ1) is 18.5. The lowest BCUT2D eigenvalue weighted by Crippen LogP contribution is -2.32. The number of hydrogen-bond acceptors (Lipinski definition) is 4. The molecule has 1 N–H and O–H groups in total. The first-order valence-electron chi connectivity index (χ1n) is 9.91. The van der Waals surface area contributed by atoms with Gasteiger partial charge in [0.1, 0.15) is 5.75 Å². The predicted octanol–water partition coefficient (Wildman–Crippen LogP) is 4.62. The van der Waals surface area contributed by atoms with Gasteiger partial charge in [-0.2, -0.15) is 0 Å². The summed E-state index contributed by atoms with van der Waals surface area (Å²) in [5.41, 5.74) is 1.97. The van der Waals surface area contributed by atoms with Gasteiger partial charge in [-0.25, -0.2) is 4.79 Å². The molecule has 1 fully saturated rings. The van der Waals surface area contributed by atoms with Crippen molar-refractivity contribution in [3.63, 3.8) is 0 Å². The molecule has 1 atom stereocenters. The Morgan fingerprint density at radius 3 is 2.82 bits per heavy atom. The minimum atomic E-state index is -0.0668. The number of nitrogens with one attached hydrogen (secondary N) is 1. The van der Waals surface area contributed by atoms with E-state index < -0.39 is 0 Å². The summed E-state index contributed by atoms with van der Waals surface area (Å²) in [5.74, 6) is 2.73. The van der Waals surface area contributed by atoms with Crippen molar-refractivity contribution in [2.24, 2.45) is 0 Å². The average Bonchev–Trinajstić information content (AvgIpc) is 3.38. The van der Waals surface area contributed by atoms with Gasteiger partial charge in [-0.1, -0.05) is 19.4 Å². The molecule has 0 spiro atoms. The number of benzene rings is 2. The third-order valence-electron chi connectivity index (χ3n) is 5.22. The maximum Gasteiger partial charge on any atom is 0.321 e. The summed E-state index contributed by atoms with van der Waals surface area (Å²) in [4.78, 5) is 14.5. The highest BCUT2D eigenvalue weighted by atomic mass is 16.7. The van der Waals surface area contributed by atoms with Gasteiger partial charge in [0.25, 0.3) is 0 Å². The zero-order valence-electron chi connectivity index (χ0n) is 16.1. The molecule has 2 heterocycles. The largest absolute Gasteiger partial charge is 0.494 e. The second kappa shape index (κ2) is 8.42. The molecule has 2 aliphatic heterocycles. The average molecular weight is 382 g/mol. The van der Waals surface area contributed by atoms with E-state index in [9.17, 15) is 4.79 Å². The standard InChI is InChI=1S/C22H26N2O4/c1-2-3-12-26-19-7-5-18(6-8-19)23-22(25)24-11-10-17(14-24)16-4-9-20-21(13-16)28-15-27-20/h4-9,13,17H,2-3,10-12,14-15H2,1H3,(H,23,25)/t17-/m0/s1. The van der Waals surface area contributed by atoms with Crippen LogP contribution in [-0.4, -0.2) is 37.4 Å². The van der Waals surface area contributed by atoms with Crippen molar-refractivity contribution < 1.29 is 19.0 Å². The number of nitrogens with zero attached hydrogens (tertiary/aromatic N) is 1. The van der Waals surface area contributed by atoms with Gasteiger partial charge in [0.15, 0.2) is 11.5 Å². The molecule has 2 aliphatic rings. The number of unbranched alkanes of at least 4 members (excludes halogenated alkanes) is 1. The van der Waals surface area contributed by atoms with E-state index in [2.05, 4.69) is 18.3 Å². The first-order valence-corrected chi connectivity index (χ1v) is 9.91. The van der Waals surface area contributed by atoms with Crippen LogP contribution in [-0.2, 0) is 0 Å². The molecule has 2 aromatic rings. The van der Waals surface area contributed by atoms with Crippen LogP contribution in [0.2, 0.25) is 0 Å². The van der Waals surface area contributed by atoms with Gasteiger partial charge in [0, 0.05) is 24.7 Å². The number of fused-ring (bicyclic) bond motifs is 1. The molecule has 6 heteroatoms. The van der Waals surface area contributed by atoms with Crippen LogP contribution in [0.15, 0.2) is 42.5 Å². The van der Waals surface area contributed by atoms with E-state index in [1.165, 1.54) is 5.56 Å². The van der Waals surface area contributed by atoms with Crippen LogP contribution in [0, 0.1) is 0 Å². The molecular weight excluding hydrogens is 356 g/mol. The van der Waals surface area contributed by atoms with Crippen molar-refractivity contribution >= 4 is 11.7 Å². The molecule has 0 bridgehead atoms. The molecule has 6 nitrogen and oxygen atoms in total. The van der Waals surface area contributed by atoms with E-state index >= 15 is 0 Å². The van der Waals surface area contributed by atoms with Crippen LogP contribution in [0.25, 0.3) is 0 Å². The second-order valence-electron chi connectivity index (χ2n) is 7.20. The molecule has 0 aromatic heterocycles. The zero-order valence-corrected chi connectivity index (χ0v) is 16.1. The molecule has 2 aromatic carbocycles. The van der Waals surface area contributed by atoms with Gasteiger partial charge in [0.2, 0.25) is 6.79 Å². The molecule has 0 saturated carbocycles. The Morgan fingerprint density at radius 2 is 2.00 bits per heavy atom. The highest BCUT2D eigenvalue weighted by Crippen LogP contribution is 2.37. The van der Waals surface area contributed by atoms with Crippen LogP contribution in [0.3, 0.4) is 0 Å². The Kier molecular flexibility index (Phi) is 5.55. The Bertz CT molecular complexity index is 822. The summed E-state index contributed by atoms with van der Waals surface area (Å²) < 4.78 is 16.5. The normalized spacial score (nSPS) is 17.6. The molecule has 28 heavy (non-hydrogen) atoms. The van der Waals surface area contributed by atoms with Crippen LogP contribution in [0.5, 0.6) is 17.2 Å². The summed E-state index contributed by atoms with van der Waals surface area (Å²) in [6.45, 7) is 4.57. The van der Waals surface area contributed by atoms with Crippen molar-refractivity contribution in [1.29, 1.82) is 0 Å². The fourth-order valence-electron chi connectivity index (χ4n) is 3.56. The maximum absolute atomic E-state index is 12.6. The van der Waals surface area contributed by atoms with E-state index in [-0.39, 0.29) is 12.8 Å². The van der Waals surface area contributed by atoms with Crippen molar-refractivity contribution in [2.75, 3.05) is 31.8 Å². The molecule has 148 valence electrons. The topological polar surface area (TPSA) is 60.0 Å². The van der Waals surface area contributed by atoms with Crippen molar-refractivity contribution in [1.82, 2.24) is 4.90 Å². The van der Waals surface area contributed by atoms with Crippen molar-refractivity contribution in [3.05, 3.63) is 48.0 Å². The quantitative estimate of drug-likeness (QED) is 0.741. The molecule has 4 rings (SSSR count). The number of hydrogen-bond donors (Lipinski definition) is 1. The van der Waals surface area contributed by atoms with Crippen LogP contribution < -0.4 is 19.5 Å². The minimum Gasteiger partial charge on any atom is -0.494 e. The van der Waals surface area contributed by atoms with E-state index in [0.717, 1.165) is 55.4 Å². The molecular formula is C22H26N2O4. The van der Waals surface area contributed by atoms with E-state index in [1.807, 2.05) is 41.3 Å². The number of likely N-dealkylation sites (tertiary alicyclic amines) is 1. The van der Waals surface area contributed by atoms with Crippen LogP contribution in [0.4, 0.5) is 10.5 Å². The summed E-state index contributed by atoms with van der Waals surface area (Å²) in [6.07, 6.45) is 3.09. The second-order valence-corrected chi connectivity index (χ2v) is 7.20. The summed E-state index contributed by atoms with van der Waals surface area (Å²) in [6, 6.07) is 13.5. The van der Waals surface area contributed by atoms with E-state index in [1.54, 1.807) is 0 Å². The number of carbonyl (C=O) groups excluding carboxylic acids is 1. The number of anilines is 1. The van der Waals surface area contributed by atoms with Gasteiger partial charge in [-0.3, -0.25) is 0 Å². The number of carbonyl (C=O) groups is 1. The maximum atomic E-state index is 12.6. The lowest BCUT2D eigenvalue weighted by atomic mass is 9.98. The number of urea groups is 1. The highest BCUT2D eigenvalue weighted by molar-refractivity contribution is 5.89. The lowest BCUT2D eigenvalue weighted by Gasteiger charge is -2.18. The Labute approximate surface area is 165 Å². The monoisotopic (exact) mass is 382 g/mol. The predicted molar refractivity (Wildman–Crippen MR) is 107 cm³/mol. The van der Waals surface area contributed by atoms with Gasteiger partial charge in [-0.05, 0) is 54.8 Å². The number of amides is 2. The number of rotatable bonds is 6. The minimum absolute atomic E-state index is 0.0668. The highest BCUT2D eigenvalue weighted by Gasteiger charge is 2.28. The Hall–Kier alpha value is -2.89. The third-order valence-corrected chi connectivity index (χ3v) is 5.22. The van der Waals surface area contributed by atoms with Crippen molar-refractivity contribution in [2.45, 2.75) is 32.1 Å². The van der Waals surface area contributed by atoms with Gasteiger partial charge >= 0.3 is 6.03 Å². The SMILES string of the molecule is CCCCOc1ccc(NC(=O)N2CC[C@H](c3ccc4c(c3)OCO4)C2)cc1. The molecule has 1 saturated heterocycles. The van der Waals surface area contributed by atoms with Gasteiger partial charge in [0.05, 0.1) is 6.61 Å². The van der Waals surface area contributed by atoms with E-state index in [0.29, 0.717) is 12.5 Å².